The highest BCUT2D eigenvalue weighted by molar-refractivity contribution is 5.35. The first kappa shape index (κ1) is 10.9. The second-order valence-electron chi connectivity index (χ2n) is 4.31. The Labute approximate surface area is 95.3 Å². The molecule has 0 aliphatic heterocycles. The fraction of sp³-hybridized carbons (Fsp3) is 0.538. The molecule has 0 aromatic carbocycles. The molecule has 3 nitrogen and oxygen atoms in total. The Morgan fingerprint density at radius 3 is 2.88 bits per heavy atom. The van der Waals surface area contributed by atoms with Gasteiger partial charge in [-0.3, -0.25) is 4.79 Å². The summed E-state index contributed by atoms with van der Waals surface area (Å²) in [6.45, 7) is 2.79. The number of nitriles is 1. The average Bonchev–Trinajstić information content (AvgIpc) is 2.32. The minimum absolute atomic E-state index is 0.106. The molecule has 0 N–H and O–H groups in total. The third-order valence-corrected chi connectivity index (χ3v) is 3.17. The molecular formula is C13H16N2O. The highest BCUT2D eigenvalue weighted by atomic mass is 16.1. The fourth-order valence-corrected chi connectivity index (χ4v) is 2.42. The summed E-state index contributed by atoms with van der Waals surface area (Å²) in [6, 6.07) is 3.81. The van der Waals surface area contributed by atoms with Crippen molar-refractivity contribution < 1.29 is 0 Å². The molecule has 16 heavy (non-hydrogen) atoms. The van der Waals surface area contributed by atoms with E-state index in [0.717, 1.165) is 37.9 Å². The minimum atomic E-state index is -0.106. The van der Waals surface area contributed by atoms with E-state index in [1.54, 1.807) is 6.07 Å². The Hall–Kier alpha value is -1.56. The van der Waals surface area contributed by atoms with Crippen LogP contribution in [-0.2, 0) is 19.4 Å². The number of pyridine rings is 1. The molecule has 1 aliphatic rings. The number of rotatable bonds is 2. The molecule has 0 radical (unpaired) electrons. The lowest BCUT2D eigenvalue weighted by molar-refractivity contribution is 0.565. The molecule has 1 aliphatic carbocycles. The molecule has 0 saturated heterocycles. The van der Waals surface area contributed by atoms with E-state index in [1.165, 1.54) is 12.0 Å². The Morgan fingerprint density at radius 2 is 2.19 bits per heavy atom. The van der Waals surface area contributed by atoms with Crippen LogP contribution in [0, 0.1) is 11.3 Å². The van der Waals surface area contributed by atoms with Crippen LogP contribution in [0.1, 0.15) is 43.0 Å². The maximum absolute atomic E-state index is 12.0. The highest BCUT2D eigenvalue weighted by Crippen LogP contribution is 2.20. The van der Waals surface area contributed by atoms with E-state index in [9.17, 15) is 4.79 Å². The van der Waals surface area contributed by atoms with Gasteiger partial charge in [0, 0.05) is 12.2 Å². The second-order valence-corrected chi connectivity index (χ2v) is 4.31. The maximum Gasteiger partial charge on any atom is 0.268 e. The number of hydrogen-bond donors (Lipinski definition) is 0. The monoisotopic (exact) mass is 216 g/mol. The third kappa shape index (κ3) is 1.76. The van der Waals surface area contributed by atoms with Crippen LogP contribution in [0.25, 0.3) is 0 Å². The van der Waals surface area contributed by atoms with Gasteiger partial charge in [-0.05, 0) is 43.7 Å². The molecule has 0 unspecified atom stereocenters. The number of hydrogen-bond acceptors (Lipinski definition) is 2. The van der Waals surface area contributed by atoms with E-state index in [1.807, 2.05) is 10.6 Å². The van der Waals surface area contributed by atoms with Crippen molar-refractivity contribution in [3.8, 4) is 6.07 Å². The van der Waals surface area contributed by atoms with Gasteiger partial charge < -0.3 is 4.57 Å². The lowest BCUT2D eigenvalue weighted by Gasteiger charge is -2.21. The largest absolute Gasteiger partial charge is 0.311 e. The topological polar surface area (TPSA) is 45.8 Å². The third-order valence-electron chi connectivity index (χ3n) is 3.17. The fourth-order valence-electron chi connectivity index (χ4n) is 2.42. The smallest absolute Gasteiger partial charge is 0.268 e. The van der Waals surface area contributed by atoms with Crippen LogP contribution in [0.4, 0.5) is 0 Å². The Kier molecular flexibility index (Phi) is 3.09. The van der Waals surface area contributed by atoms with Crippen LogP contribution in [0.3, 0.4) is 0 Å². The van der Waals surface area contributed by atoms with Crippen LogP contribution in [0.15, 0.2) is 10.9 Å². The maximum atomic E-state index is 12.0. The number of nitrogens with zero attached hydrogens (tertiary/aromatic N) is 2. The summed E-state index contributed by atoms with van der Waals surface area (Å²) in [5.41, 5.74) is 2.56. The highest BCUT2D eigenvalue weighted by Gasteiger charge is 2.16. The van der Waals surface area contributed by atoms with Crippen LogP contribution in [0.5, 0.6) is 0 Å². The summed E-state index contributed by atoms with van der Waals surface area (Å²) >= 11 is 0. The van der Waals surface area contributed by atoms with Gasteiger partial charge in [0.2, 0.25) is 0 Å². The van der Waals surface area contributed by atoms with Crippen LogP contribution < -0.4 is 5.56 Å². The van der Waals surface area contributed by atoms with Crippen LogP contribution in [-0.4, -0.2) is 4.57 Å². The normalized spacial score (nSPS) is 14.2. The molecule has 0 spiro atoms. The first-order valence-corrected chi connectivity index (χ1v) is 5.93. The van der Waals surface area contributed by atoms with Crippen molar-refractivity contribution >= 4 is 0 Å². The number of fused-ring (bicyclic) bond motifs is 1. The van der Waals surface area contributed by atoms with Gasteiger partial charge >= 0.3 is 0 Å². The van der Waals surface area contributed by atoms with Crippen molar-refractivity contribution in [3.63, 3.8) is 0 Å². The lowest BCUT2D eigenvalue weighted by Crippen LogP contribution is -2.28. The van der Waals surface area contributed by atoms with Gasteiger partial charge in [0.15, 0.2) is 0 Å². The van der Waals surface area contributed by atoms with Crippen LogP contribution in [0.2, 0.25) is 0 Å². The first-order chi connectivity index (χ1) is 7.77. The molecule has 1 heterocycles. The zero-order valence-electron chi connectivity index (χ0n) is 9.62. The SMILES string of the molecule is CCCn1c2c(cc(C#N)c1=O)CCCC2. The molecular weight excluding hydrogens is 200 g/mol. The van der Waals surface area contributed by atoms with Crippen molar-refractivity contribution in [1.29, 1.82) is 5.26 Å². The van der Waals surface area contributed by atoms with Gasteiger partial charge in [0.25, 0.3) is 5.56 Å². The second kappa shape index (κ2) is 4.52. The number of aryl methyl sites for hydroxylation is 1. The molecule has 2 rings (SSSR count). The van der Waals surface area contributed by atoms with E-state index >= 15 is 0 Å². The Bertz CT molecular complexity index is 494. The van der Waals surface area contributed by atoms with Gasteiger partial charge in [-0.15, -0.1) is 0 Å². The number of aromatic nitrogens is 1. The van der Waals surface area contributed by atoms with Crippen molar-refractivity contribution in [2.75, 3.05) is 0 Å². The van der Waals surface area contributed by atoms with E-state index in [4.69, 9.17) is 5.26 Å². The van der Waals surface area contributed by atoms with Gasteiger partial charge in [0.05, 0.1) is 0 Å². The van der Waals surface area contributed by atoms with Crippen LogP contribution >= 0.6 is 0 Å². The molecule has 1 aromatic heterocycles. The van der Waals surface area contributed by atoms with Crippen molar-refractivity contribution in [2.24, 2.45) is 0 Å². The van der Waals surface area contributed by atoms with Crippen molar-refractivity contribution in [3.05, 3.63) is 33.2 Å². The zero-order valence-corrected chi connectivity index (χ0v) is 9.62. The summed E-state index contributed by atoms with van der Waals surface area (Å²) in [5.74, 6) is 0. The quantitative estimate of drug-likeness (QED) is 0.759. The predicted molar refractivity (Wildman–Crippen MR) is 62.4 cm³/mol. The standard InChI is InChI=1S/C13H16N2O/c1-2-7-15-12-6-4-3-5-10(12)8-11(9-14)13(15)16/h8H,2-7H2,1H3. The van der Waals surface area contributed by atoms with Crippen molar-refractivity contribution in [1.82, 2.24) is 4.57 Å². The molecule has 3 heteroatoms. The Morgan fingerprint density at radius 1 is 1.44 bits per heavy atom. The summed E-state index contributed by atoms with van der Waals surface area (Å²) in [7, 11) is 0. The molecule has 0 amide bonds. The average molecular weight is 216 g/mol. The van der Waals surface area contributed by atoms with Crippen molar-refractivity contribution in [2.45, 2.75) is 45.6 Å². The molecule has 0 saturated carbocycles. The van der Waals surface area contributed by atoms with E-state index in [-0.39, 0.29) is 5.56 Å². The predicted octanol–water partition coefficient (Wildman–Crippen LogP) is 2.01. The van der Waals surface area contributed by atoms with Gasteiger partial charge in [0.1, 0.15) is 11.6 Å². The molecule has 0 bridgehead atoms. The molecule has 84 valence electrons. The Balaban J connectivity index is 2.63. The van der Waals surface area contributed by atoms with Gasteiger partial charge in [-0.25, -0.2) is 0 Å². The van der Waals surface area contributed by atoms with E-state index < -0.39 is 0 Å². The summed E-state index contributed by atoms with van der Waals surface area (Å²) in [4.78, 5) is 12.0. The molecule has 0 fully saturated rings. The molecule has 0 atom stereocenters. The lowest BCUT2D eigenvalue weighted by atomic mass is 9.94. The first-order valence-electron chi connectivity index (χ1n) is 5.93. The minimum Gasteiger partial charge on any atom is -0.311 e. The van der Waals surface area contributed by atoms with E-state index in [0.29, 0.717) is 5.56 Å². The molecule has 1 aromatic rings. The summed E-state index contributed by atoms with van der Waals surface area (Å²) < 4.78 is 1.81. The van der Waals surface area contributed by atoms with E-state index in [2.05, 4.69) is 6.92 Å². The summed E-state index contributed by atoms with van der Waals surface area (Å²) in [5, 5.41) is 8.95. The summed E-state index contributed by atoms with van der Waals surface area (Å²) in [6.07, 6.45) is 5.25. The zero-order chi connectivity index (χ0) is 11.5. The van der Waals surface area contributed by atoms with Gasteiger partial charge in [-0.2, -0.15) is 5.26 Å². The van der Waals surface area contributed by atoms with Gasteiger partial charge in [-0.1, -0.05) is 6.92 Å².